The third-order valence-corrected chi connectivity index (χ3v) is 5.06. The van der Waals surface area contributed by atoms with Gasteiger partial charge in [-0.05, 0) is 43.5 Å². The van der Waals surface area contributed by atoms with Crippen LogP contribution in [0.1, 0.15) is 11.1 Å². The van der Waals surface area contributed by atoms with Gasteiger partial charge in [-0.3, -0.25) is 9.48 Å². The molecule has 1 aliphatic heterocycles. The quantitative estimate of drug-likeness (QED) is 0.707. The van der Waals surface area contributed by atoms with Crippen LogP contribution >= 0.6 is 11.8 Å². The Morgan fingerprint density at radius 1 is 1.31 bits per heavy atom. The molecule has 0 unspecified atom stereocenters. The average Bonchev–Trinajstić information content (AvgIpc) is 3.05. The van der Waals surface area contributed by atoms with Crippen LogP contribution in [0.4, 0.5) is 5.69 Å². The first-order valence-electron chi connectivity index (χ1n) is 8.36. The van der Waals surface area contributed by atoms with E-state index in [9.17, 15) is 4.79 Å². The zero-order valence-electron chi connectivity index (χ0n) is 14.7. The second kappa shape index (κ2) is 6.88. The zero-order valence-corrected chi connectivity index (χ0v) is 15.5. The van der Waals surface area contributed by atoms with Gasteiger partial charge < -0.3 is 10.1 Å². The number of nitrogens with zero attached hydrogens (tertiary/aromatic N) is 2. The maximum absolute atomic E-state index is 12.5. The lowest BCUT2D eigenvalue weighted by Gasteiger charge is -2.19. The van der Waals surface area contributed by atoms with Gasteiger partial charge in [0.15, 0.2) is 0 Å². The van der Waals surface area contributed by atoms with Gasteiger partial charge in [0.1, 0.15) is 18.9 Å². The minimum Gasteiger partial charge on any atom is -0.488 e. The summed E-state index contributed by atoms with van der Waals surface area (Å²) in [6.45, 7) is 2.68. The Morgan fingerprint density at radius 3 is 3.04 bits per heavy atom. The lowest BCUT2D eigenvalue weighted by molar-refractivity contribution is -0.116. The Labute approximate surface area is 156 Å². The molecule has 0 saturated carbocycles. The molecular weight excluding hydrogens is 346 g/mol. The van der Waals surface area contributed by atoms with Crippen LogP contribution in [0.15, 0.2) is 53.6 Å². The SMILES string of the molecule is CSc1cccc(NC(=O)Cn2ncc3c2-c2cc(C)ccc2OC3)c1. The number of nitrogens with one attached hydrogen (secondary N) is 1. The van der Waals surface area contributed by atoms with E-state index >= 15 is 0 Å². The van der Waals surface area contributed by atoms with Crippen LogP contribution in [-0.2, 0) is 17.9 Å². The maximum Gasteiger partial charge on any atom is 0.246 e. The topological polar surface area (TPSA) is 56.2 Å². The van der Waals surface area contributed by atoms with Crippen molar-refractivity contribution >= 4 is 23.4 Å². The number of benzene rings is 2. The average molecular weight is 365 g/mol. The third kappa shape index (κ3) is 3.20. The summed E-state index contributed by atoms with van der Waals surface area (Å²) in [4.78, 5) is 13.6. The number of aromatic nitrogens is 2. The van der Waals surface area contributed by atoms with E-state index in [1.165, 1.54) is 0 Å². The number of hydrogen-bond acceptors (Lipinski definition) is 4. The van der Waals surface area contributed by atoms with Gasteiger partial charge in [-0.15, -0.1) is 11.8 Å². The number of hydrogen-bond donors (Lipinski definition) is 1. The van der Waals surface area contributed by atoms with E-state index in [4.69, 9.17) is 4.74 Å². The first-order valence-corrected chi connectivity index (χ1v) is 9.59. The van der Waals surface area contributed by atoms with Crippen molar-refractivity contribution in [1.82, 2.24) is 9.78 Å². The first-order chi connectivity index (χ1) is 12.6. The molecule has 0 radical (unpaired) electrons. The van der Waals surface area contributed by atoms with Gasteiger partial charge in [0.25, 0.3) is 0 Å². The smallest absolute Gasteiger partial charge is 0.246 e. The molecule has 4 rings (SSSR count). The van der Waals surface area contributed by atoms with Crippen LogP contribution in [-0.4, -0.2) is 21.9 Å². The van der Waals surface area contributed by atoms with Crippen molar-refractivity contribution < 1.29 is 9.53 Å². The number of thioether (sulfide) groups is 1. The number of carbonyl (C=O) groups excluding carboxylic acids is 1. The second-order valence-corrected chi connectivity index (χ2v) is 7.12. The van der Waals surface area contributed by atoms with Gasteiger partial charge >= 0.3 is 0 Å². The van der Waals surface area contributed by atoms with Crippen LogP contribution in [0, 0.1) is 6.92 Å². The number of anilines is 1. The van der Waals surface area contributed by atoms with E-state index < -0.39 is 0 Å². The van der Waals surface area contributed by atoms with Crippen LogP contribution in [0.25, 0.3) is 11.3 Å². The highest BCUT2D eigenvalue weighted by molar-refractivity contribution is 7.98. The summed E-state index contributed by atoms with van der Waals surface area (Å²) in [5.74, 6) is 0.729. The summed E-state index contributed by atoms with van der Waals surface area (Å²) >= 11 is 1.64. The van der Waals surface area contributed by atoms with Gasteiger partial charge in [-0.25, -0.2) is 0 Å². The van der Waals surface area contributed by atoms with Gasteiger partial charge in [-0.1, -0.05) is 17.7 Å². The van der Waals surface area contributed by atoms with E-state index in [1.54, 1.807) is 22.6 Å². The molecule has 26 heavy (non-hydrogen) atoms. The molecule has 0 atom stereocenters. The van der Waals surface area contributed by atoms with Crippen molar-refractivity contribution in [2.45, 2.75) is 25.0 Å². The van der Waals surface area contributed by atoms with E-state index in [2.05, 4.69) is 16.5 Å². The van der Waals surface area contributed by atoms with Crippen LogP contribution in [0.2, 0.25) is 0 Å². The van der Waals surface area contributed by atoms with Gasteiger partial charge in [-0.2, -0.15) is 5.10 Å². The normalized spacial score (nSPS) is 12.1. The third-order valence-electron chi connectivity index (χ3n) is 4.34. The minimum atomic E-state index is -0.102. The summed E-state index contributed by atoms with van der Waals surface area (Å²) in [5, 5.41) is 7.37. The summed E-state index contributed by atoms with van der Waals surface area (Å²) in [6, 6.07) is 13.9. The standard InChI is InChI=1S/C20H19N3O2S/c1-13-6-7-18-17(8-13)20-14(12-25-18)10-21-23(20)11-19(24)22-15-4-3-5-16(9-15)26-2/h3-10H,11-12H2,1-2H3,(H,22,24). The minimum absolute atomic E-state index is 0.102. The Kier molecular flexibility index (Phi) is 4.42. The largest absolute Gasteiger partial charge is 0.488 e. The molecule has 0 aliphatic carbocycles. The van der Waals surface area contributed by atoms with Crippen LogP contribution in [0.5, 0.6) is 5.75 Å². The highest BCUT2D eigenvalue weighted by atomic mass is 32.2. The summed E-state index contributed by atoms with van der Waals surface area (Å²) in [5.41, 5.74) is 4.89. The predicted molar refractivity (Wildman–Crippen MR) is 104 cm³/mol. The molecule has 2 aromatic carbocycles. The lowest BCUT2D eigenvalue weighted by atomic mass is 10.0. The maximum atomic E-state index is 12.5. The van der Waals surface area contributed by atoms with Crippen molar-refractivity contribution in [3.8, 4) is 17.0 Å². The Morgan fingerprint density at radius 2 is 2.19 bits per heavy atom. The van der Waals surface area contributed by atoms with Gasteiger partial charge in [0.05, 0.1) is 11.9 Å². The van der Waals surface area contributed by atoms with E-state index in [0.717, 1.165) is 38.7 Å². The fraction of sp³-hybridized carbons (Fsp3) is 0.200. The highest BCUT2D eigenvalue weighted by Crippen LogP contribution is 2.37. The van der Waals surface area contributed by atoms with Gasteiger partial charge in [0.2, 0.25) is 5.91 Å². The predicted octanol–water partition coefficient (Wildman–Crippen LogP) is 4.11. The Bertz CT molecular complexity index is 981. The number of aryl methyl sites for hydroxylation is 1. The molecule has 0 bridgehead atoms. The molecule has 1 N–H and O–H groups in total. The van der Waals surface area contributed by atoms with Crippen molar-refractivity contribution in [2.24, 2.45) is 0 Å². The molecule has 1 aromatic heterocycles. The molecule has 2 heterocycles. The van der Waals surface area contributed by atoms with Crippen molar-refractivity contribution in [2.75, 3.05) is 11.6 Å². The van der Waals surface area contributed by atoms with E-state index in [0.29, 0.717) is 6.61 Å². The molecule has 6 heteroatoms. The fourth-order valence-corrected chi connectivity index (χ4v) is 3.57. The molecule has 3 aromatic rings. The second-order valence-electron chi connectivity index (χ2n) is 6.24. The molecule has 0 fully saturated rings. The summed E-state index contributed by atoms with van der Waals surface area (Å²) < 4.78 is 7.54. The Balaban J connectivity index is 1.58. The van der Waals surface area contributed by atoms with Crippen molar-refractivity contribution in [3.05, 3.63) is 59.8 Å². The zero-order chi connectivity index (χ0) is 18.1. The monoisotopic (exact) mass is 365 g/mol. The highest BCUT2D eigenvalue weighted by Gasteiger charge is 2.23. The molecule has 0 spiro atoms. The molecule has 132 valence electrons. The van der Waals surface area contributed by atoms with Crippen molar-refractivity contribution in [1.29, 1.82) is 0 Å². The molecule has 1 aliphatic rings. The number of fused-ring (bicyclic) bond motifs is 3. The van der Waals surface area contributed by atoms with E-state index in [-0.39, 0.29) is 12.5 Å². The lowest BCUT2D eigenvalue weighted by Crippen LogP contribution is -2.21. The van der Waals surface area contributed by atoms with E-state index in [1.807, 2.05) is 49.6 Å². The number of rotatable bonds is 4. The van der Waals surface area contributed by atoms with Crippen LogP contribution in [0.3, 0.4) is 0 Å². The number of amides is 1. The molecule has 0 saturated heterocycles. The summed E-state index contributed by atoms with van der Waals surface area (Å²) in [7, 11) is 0. The fourth-order valence-electron chi connectivity index (χ4n) is 3.11. The number of ether oxygens (including phenoxy) is 1. The van der Waals surface area contributed by atoms with Crippen LogP contribution < -0.4 is 10.1 Å². The number of carbonyl (C=O) groups is 1. The molecule has 1 amide bonds. The van der Waals surface area contributed by atoms with Crippen molar-refractivity contribution in [3.63, 3.8) is 0 Å². The molecular formula is C20H19N3O2S. The first kappa shape index (κ1) is 16.7. The summed E-state index contributed by atoms with van der Waals surface area (Å²) in [6.07, 6.45) is 3.79. The van der Waals surface area contributed by atoms with Gasteiger partial charge in [0, 0.05) is 21.7 Å². The Hall–Kier alpha value is -2.73. The molecule has 5 nitrogen and oxygen atoms in total.